The minimum Gasteiger partial charge on any atom is -0.467 e. The average molecular weight is 268 g/mol. The van der Waals surface area contributed by atoms with Gasteiger partial charge in [-0.1, -0.05) is 23.7 Å². The first kappa shape index (κ1) is 13.4. The van der Waals surface area contributed by atoms with Gasteiger partial charge in [-0.2, -0.15) is 0 Å². The highest BCUT2D eigenvalue weighted by Gasteiger charge is 2.37. The quantitative estimate of drug-likeness (QED) is 0.834. The molecule has 1 N–H and O–H groups in total. The minimum atomic E-state index is -0.804. The van der Waals surface area contributed by atoms with E-state index in [1.54, 1.807) is 12.1 Å². The monoisotopic (exact) mass is 267 g/mol. The Kier molecular flexibility index (Phi) is 3.93. The van der Waals surface area contributed by atoms with E-state index in [0.29, 0.717) is 10.9 Å². The normalized spacial score (nSPS) is 18.2. The molecular weight excluding hydrogens is 250 g/mol. The van der Waals surface area contributed by atoms with Crippen molar-refractivity contribution in [1.29, 1.82) is 0 Å². The first-order valence-corrected chi connectivity index (χ1v) is 6.53. The summed E-state index contributed by atoms with van der Waals surface area (Å²) in [7, 11) is 1.41. The van der Waals surface area contributed by atoms with Gasteiger partial charge in [-0.25, -0.2) is 4.79 Å². The molecule has 4 heteroatoms. The highest BCUT2D eigenvalue weighted by atomic mass is 35.5. The molecule has 0 saturated heterocycles. The van der Waals surface area contributed by atoms with E-state index in [-0.39, 0.29) is 5.97 Å². The smallest absolute Gasteiger partial charge is 0.330 e. The van der Waals surface area contributed by atoms with Crippen molar-refractivity contribution in [3.8, 4) is 0 Å². The molecule has 0 amide bonds. The van der Waals surface area contributed by atoms with E-state index >= 15 is 0 Å². The van der Waals surface area contributed by atoms with Crippen LogP contribution in [0.4, 0.5) is 0 Å². The number of halogens is 1. The minimum absolute atomic E-state index is 0.273. The number of carbonyl (C=O) groups is 1. The zero-order chi connectivity index (χ0) is 13.2. The van der Waals surface area contributed by atoms with E-state index in [4.69, 9.17) is 16.3 Å². The number of hydrogen-bond acceptors (Lipinski definition) is 3. The van der Waals surface area contributed by atoms with Crippen LogP contribution in [0.3, 0.4) is 0 Å². The Balaban J connectivity index is 2.21. The van der Waals surface area contributed by atoms with E-state index in [2.05, 4.69) is 5.32 Å². The van der Waals surface area contributed by atoms with Gasteiger partial charge in [0.25, 0.3) is 0 Å². The van der Waals surface area contributed by atoms with Gasteiger partial charge in [0.15, 0.2) is 0 Å². The van der Waals surface area contributed by atoms with E-state index < -0.39 is 5.54 Å². The van der Waals surface area contributed by atoms with Gasteiger partial charge in [0.1, 0.15) is 5.54 Å². The Bertz CT molecular complexity index is 428. The fraction of sp³-hybridized carbons (Fsp3) is 0.500. The molecular formula is C14H18ClNO2. The number of hydrogen-bond donors (Lipinski definition) is 1. The van der Waals surface area contributed by atoms with Crippen molar-refractivity contribution in [3.05, 3.63) is 34.9 Å². The third-order valence-electron chi connectivity index (χ3n) is 3.46. The number of benzene rings is 1. The second-order valence-corrected chi connectivity index (χ2v) is 5.38. The summed E-state index contributed by atoms with van der Waals surface area (Å²) in [5.41, 5.74) is 0.0708. The van der Waals surface area contributed by atoms with Crippen molar-refractivity contribution in [3.63, 3.8) is 0 Å². The van der Waals surface area contributed by atoms with Gasteiger partial charge >= 0.3 is 5.97 Å². The van der Waals surface area contributed by atoms with E-state index in [0.717, 1.165) is 12.1 Å². The molecule has 3 nitrogen and oxygen atoms in total. The van der Waals surface area contributed by atoms with Gasteiger partial charge in [-0.05, 0) is 49.9 Å². The van der Waals surface area contributed by atoms with Crippen LogP contribution in [0.15, 0.2) is 24.3 Å². The summed E-state index contributed by atoms with van der Waals surface area (Å²) in [6, 6.07) is 7.30. The van der Waals surface area contributed by atoms with Gasteiger partial charge in [0.2, 0.25) is 0 Å². The largest absolute Gasteiger partial charge is 0.467 e. The Morgan fingerprint density at radius 2 is 2.06 bits per heavy atom. The lowest BCUT2D eigenvalue weighted by Gasteiger charge is -2.28. The Labute approximate surface area is 112 Å². The van der Waals surface area contributed by atoms with E-state index in [1.165, 1.54) is 20.0 Å². The summed E-state index contributed by atoms with van der Waals surface area (Å²) >= 11 is 5.88. The summed E-state index contributed by atoms with van der Waals surface area (Å²) in [6.45, 7) is 2.69. The zero-order valence-corrected chi connectivity index (χ0v) is 11.5. The molecule has 0 radical (unpaired) electrons. The molecule has 1 aliphatic rings. The summed E-state index contributed by atoms with van der Waals surface area (Å²) in [6.07, 6.45) is 2.48. The molecule has 0 spiro atoms. The Morgan fingerprint density at radius 3 is 2.56 bits per heavy atom. The van der Waals surface area contributed by atoms with E-state index in [9.17, 15) is 4.79 Å². The van der Waals surface area contributed by atoms with Crippen molar-refractivity contribution in [1.82, 2.24) is 5.32 Å². The molecule has 0 aromatic heterocycles. The Hall–Kier alpha value is -1.06. The molecule has 98 valence electrons. The van der Waals surface area contributed by atoms with Gasteiger partial charge in [0, 0.05) is 5.02 Å². The molecule has 1 aromatic carbocycles. The highest BCUT2D eigenvalue weighted by Crippen LogP contribution is 2.30. The van der Waals surface area contributed by atoms with Crippen molar-refractivity contribution in [2.75, 3.05) is 13.7 Å². The molecule has 1 atom stereocenters. The fourth-order valence-corrected chi connectivity index (χ4v) is 2.08. The number of methoxy groups -OCH3 is 1. The molecule has 0 aliphatic heterocycles. The number of esters is 1. The zero-order valence-electron chi connectivity index (χ0n) is 10.7. The van der Waals surface area contributed by atoms with Crippen molar-refractivity contribution < 1.29 is 9.53 Å². The van der Waals surface area contributed by atoms with Gasteiger partial charge in [-0.3, -0.25) is 5.32 Å². The topological polar surface area (TPSA) is 38.3 Å². The van der Waals surface area contributed by atoms with Crippen LogP contribution in [0.25, 0.3) is 0 Å². The van der Waals surface area contributed by atoms with Crippen molar-refractivity contribution in [2.45, 2.75) is 25.3 Å². The third kappa shape index (κ3) is 2.85. The van der Waals surface area contributed by atoms with Crippen LogP contribution in [-0.4, -0.2) is 19.6 Å². The first-order chi connectivity index (χ1) is 8.56. The van der Waals surface area contributed by atoms with Crippen LogP contribution in [0, 0.1) is 5.92 Å². The van der Waals surface area contributed by atoms with Crippen molar-refractivity contribution in [2.24, 2.45) is 5.92 Å². The maximum Gasteiger partial charge on any atom is 0.330 e. The maximum atomic E-state index is 12.0. The van der Waals surface area contributed by atoms with Crippen LogP contribution >= 0.6 is 11.6 Å². The average Bonchev–Trinajstić information content (AvgIpc) is 3.19. The molecule has 0 bridgehead atoms. The third-order valence-corrected chi connectivity index (χ3v) is 3.71. The molecule has 1 aromatic rings. The van der Waals surface area contributed by atoms with Gasteiger partial charge in [0.05, 0.1) is 7.11 Å². The molecule has 1 fully saturated rings. The predicted octanol–water partition coefficient (Wildman–Crippen LogP) is 2.73. The standard InChI is InChI=1S/C14H18ClNO2/c1-14(13(17)18-2,16-9-10-3-4-10)11-5-7-12(15)8-6-11/h5-8,10,16H,3-4,9H2,1-2H3. The SMILES string of the molecule is COC(=O)C(C)(NCC1CC1)c1ccc(Cl)cc1. The first-order valence-electron chi connectivity index (χ1n) is 6.16. The number of rotatable bonds is 5. The molecule has 1 unspecified atom stereocenters. The summed E-state index contributed by atoms with van der Waals surface area (Å²) < 4.78 is 4.92. The van der Waals surface area contributed by atoms with Crippen LogP contribution in [0.1, 0.15) is 25.3 Å². The summed E-state index contributed by atoms with van der Waals surface area (Å²) in [5.74, 6) is 0.423. The second-order valence-electron chi connectivity index (χ2n) is 4.95. The molecule has 0 heterocycles. The molecule has 2 rings (SSSR count). The van der Waals surface area contributed by atoms with Crippen molar-refractivity contribution >= 4 is 17.6 Å². The summed E-state index contributed by atoms with van der Waals surface area (Å²) in [4.78, 5) is 12.0. The maximum absolute atomic E-state index is 12.0. The predicted molar refractivity (Wildman–Crippen MR) is 71.5 cm³/mol. The van der Waals surface area contributed by atoms with Crippen LogP contribution in [-0.2, 0) is 15.1 Å². The second kappa shape index (κ2) is 5.29. The highest BCUT2D eigenvalue weighted by molar-refractivity contribution is 6.30. The van der Waals surface area contributed by atoms with Gasteiger partial charge < -0.3 is 4.74 Å². The van der Waals surface area contributed by atoms with Gasteiger partial charge in [-0.15, -0.1) is 0 Å². The van der Waals surface area contributed by atoms with Crippen LogP contribution < -0.4 is 5.32 Å². The lowest BCUT2D eigenvalue weighted by molar-refractivity contribution is -0.148. The van der Waals surface area contributed by atoms with Crippen LogP contribution in [0.5, 0.6) is 0 Å². The lowest BCUT2D eigenvalue weighted by atomic mass is 9.92. The molecule has 1 saturated carbocycles. The summed E-state index contributed by atoms with van der Waals surface area (Å²) in [5, 5.41) is 3.99. The van der Waals surface area contributed by atoms with E-state index in [1.807, 2.05) is 19.1 Å². The number of nitrogens with one attached hydrogen (secondary N) is 1. The molecule has 18 heavy (non-hydrogen) atoms. The lowest BCUT2D eigenvalue weighted by Crippen LogP contribution is -2.48. The number of ether oxygens (including phenoxy) is 1. The Morgan fingerprint density at radius 1 is 1.44 bits per heavy atom. The number of carbonyl (C=O) groups excluding carboxylic acids is 1. The fourth-order valence-electron chi connectivity index (χ4n) is 1.95. The van der Waals surface area contributed by atoms with Crippen LogP contribution in [0.2, 0.25) is 5.02 Å². The molecule has 1 aliphatic carbocycles.